The van der Waals surface area contributed by atoms with Gasteiger partial charge in [0.25, 0.3) is 0 Å². The van der Waals surface area contributed by atoms with Gasteiger partial charge in [-0.25, -0.2) is 0 Å². The second-order valence-corrected chi connectivity index (χ2v) is 5.55. The van der Waals surface area contributed by atoms with Crippen molar-refractivity contribution in [1.82, 2.24) is 4.90 Å². The van der Waals surface area contributed by atoms with Crippen LogP contribution in [-0.4, -0.2) is 23.4 Å². The normalized spacial score (nSPS) is 11.9. The van der Waals surface area contributed by atoms with Crippen molar-refractivity contribution in [3.8, 4) is 0 Å². The molecule has 0 aliphatic heterocycles. The largest absolute Gasteiger partial charge is 0.340 e. The fourth-order valence-electron chi connectivity index (χ4n) is 1.56. The minimum atomic E-state index is -0.253. The van der Waals surface area contributed by atoms with Crippen LogP contribution in [0.4, 0.5) is 0 Å². The molecule has 90 valence electrons. The fraction of sp³-hybridized carbons (Fsp3) is 0.923. The summed E-state index contributed by atoms with van der Waals surface area (Å²) in [5.41, 5.74) is -0.253. The van der Waals surface area contributed by atoms with E-state index in [9.17, 15) is 4.79 Å². The Morgan fingerprint density at radius 1 is 1.20 bits per heavy atom. The van der Waals surface area contributed by atoms with E-state index in [1.807, 2.05) is 25.7 Å². The second kappa shape index (κ2) is 6.14. The monoisotopic (exact) mass is 213 g/mol. The van der Waals surface area contributed by atoms with E-state index in [0.717, 1.165) is 13.0 Å². The summed E-state index contributed by atoms with van der Waals surface area (Å²) in [5, 5.41) is 0. The quantitative estimate of drug-likeness (QED) is 0.640. The summed E-state index contributed by atoms with van der Waals surface area (Å²) in [7, 11) is 0. The van der Waals surface area contributed by atoms with E-state index in [2.05, 4.69) is 20.8 Å². The third-order valence-corrected chi connectivity index (χ3v) is 2.53. The molecule has 0 radical (unpaired) electrons. The molecule has 0 atom stereocenters. The summed E-state index contributed by atoms with van der Waals surface area (Å²) >= 11 is 0. The number of hydrogen-bond acceptors (Lipinski definition) is 1. The lowest BCUT2D eigenvalue weighted by molar-refractivity contribution is -0.141. The Kier molecular flexibility index (Phi) is 5.92. The molecule has 0 spiro atoms. The van der Waals surface area contributed by atoms with E-state index in [1.54, 1.807) is 0 Å². The van der Waals surface area contributed by atoms with Crippen molar-refractivity contribution >= 4 is 5.91 Å². The Balaban J connectivity index is 4.33. The number of hydrogen-bond donors (Lipinski definition) is 0. The van der Waals surface area contributed by atoms with E-state index >= 15 is 0 Å². The summed E-state index contributed by atoms with van der Waals surface area (Å²) in [5.74, 6) is 0.272. The van der Waals surface area contributed by atoms with E-state index in [0.29, 0.717) is 6.04 Å². The van der Waals surface area contributed by atoms with Crippen LogP contribution in [0.2, 0.25) is 0 Å². The van der Waals surface area contributed by atoms with Crippen LogP contribution in [0, 0.1) is 5.41 Å². The van der Waals surface area contributed by atoms with E-state index in [-0.39, 0.29) is 11.3 Å². The van der Waals surface area contributed by atoms with Gasteiger partial charge in [-0.2, -0.15) is 0 Å². The van der Waals surface area contributed by atoms with Crippen molar-refractivity contribution < 1.29 is 4.79 Å². The predicted octanol–water partition coefficient (Wildman–Crippen LogP) is 3.46. The summed E-state index contributed by atoms with van der Waals surface area (Å²) in [4.78, 5) is 14.1. The molecule has 1 amide bonds. The first-order valence-corrected chi connectivity index (χ1v) is 6.11. The van der Waals surface area contributed by atoms with Gasteiger partial charge in [0.2, 0.25) is 5.91 Å². The molecule has 0 aliphatic rings. The maximum Gasteiger partial charge on any atom is 0.228 e. The SMILES string of the molecule is CCCCCN(C(=O)C(C)(C)C)C(C)C. The Hall–Kier alpha value is -0.530. The Morgan fingerprint density at radius 2 is 1.73 bits per heavy atom. The molecule has 0 aromatic carbocycles. The first-order chi connectivity index (χ1) is 6.80. The highest BCUT2D eigenvalue weighted by atomic mass is 16.2. The molecular weight excluding hydrogens is 186 g/mol. The molecule has 2 heteroatoms. The van der Waals surface area contributed by atoms with Crippen LogP contribution in [0.1, 0.15) is 60.8 Å². The molecule has 0 aromatic rings. The summed E-state index contributed by atoms with van der Waals surface area (Å²) < 4.78 is 0. The van der Waals surface area contributed by atoms with Gasteiger partial charge in [0, 0.05) is 18.0 Å². The van der Waals surface area contributed by atoms with Crippen molar-refractivity contribution in [3.63, 3.8) is 0 Å². The molecule has 0 N–H and O–H groups in total. The zero-order valence-corrected chi connectivity index (χ0v) is 11.3. The van der Waals surface area contributed by atoms with E-state index in [4.69, 9.17) is 0 Å². The maximum absolute atomic E-state index is 12.1. The van der Waals surface area contributed by atoms with Gasteiger partial charge in [0.1, 0.15) is 0 Å². The number of nitrogens with zero attached hydrogens (tertiary/aromatic N) is 1. The molecule has 0 aromatic heterocycles. The van der Waals surface area contributed by atoms with Crippen LogP contribution < -0.4 is 0 Å². The molecule has 2 nitrogen and oxygen atoms in total. The number of rotatable bonds is 5. The maximum atomic E-state index is 12.1. The third kappa shape index (κ3) is 5.19. The van der Waals surface area contributed by atoms with Crippen LogP contribution in [0.5, 0.6) is 0 Å². The molecule has 15 heavy (non-hydrogen) atoms. The van der Waals surface area contributed by atoms with Crippen LogP contribution in [0.25, 0.3) is 0 Å². The topological polar surface area (TPSA) is 20.3 Å². The Morgan fingerprint density at radius 3 is 2.07 bits per heavy atom. The van der Waals surface area contributed by atoms with Crippen LogP contribution in [0.15, 0.2) is 0 Å². The second-order valence-electron chi connectivity index (χ2n) is 5.55. The number of amides is 1. The van der Waals surface area contributed by atoms with E-state index < -0.39 is 0 Å². The first-order valence-electron chi connectivity index (χ1n) is 6.11. The smallest absolute Gasteiger partial charge is 0.228 e. The lowest BCUT2D eigenvalue weighted by Gasteiger charge is -2.32. The van der Waals surface area contributed by atoms with Gasteiger partial charge in [-0.15, -0.1) is 0 Å². The molecule has 0 heterocycles. The van der Waals surface area contributed by atoms with Crippen molar-refractivity contribution in [2.75, 3.05) is 6.54 Å². The van der Waals surface area contributed by atoms with Crippen LogP contribution >= 0.6 is 0 Å². The summed E-state index contributed by atoms with van der Waals surface area (Å²) in [6, 6.07) is 0.314. The zero-order valence-electron chi connectivity index (χ0n) is 11.3. The van der Waals surface area contributed by atoms with Crippen LogP contribution in [-0.2, 0) is 4.79 Å². The average Bonchev–Trinajstić information content (AvgIpc) is 2.09. The molecule has 0 bridgehead atoms. The van der Waals surface area contributed by atoms with Gasteiger partial charge in [-0.3, -0.25) is 4.79 Å². The molecule has 0 fully saturated rings. The predicted molar refractivity (Wildman–Crippen MR) is 65.8 cm³/mol. The zero-order chi connectivity index (χ0) is 12.1. The van der Waals surface area contributed by atoms with Gasteiger partial charge in [0.15, 0.2) is 0 Å². The van der Waals surface area contributed by atoms with Gasteiger partial charge in [-0.1, -0.05) is 40.5 Å². The molecule has 0 unspecified atom stereocenters. The van der Waals surface area contributed by atoms with Gasteiger partial charge in [0.05, 0.1) is 0 Å². The molecule has 0 rings (SSSR count). The van der Waals surface area contributed by atoms with Gasteiger partial charge < -0.3 is 4.90 Å². The Labute approximate surface area is 95.0 Å². The highest BCUT2D eigenvalue weighted by molar-refractivity contribution is 5.81. The lowest BCUT2D eigenvalue weighted by Crippen LogP contribution is -2.44. The summed E-state index contributed by atoms with van der Waals surface area (Å²) in [6.07, 6.45) is 3.53. The number of carbonyl (C=O) groups is 1. The lowest BCUT2D eigenvalue weighted by atomic mass is 9.94. The minimum absolute atomic E-state index is 0.253. The molecule has 0 saturated heterocycles. The third-order valence-electron chi connectivity index (χ3n) is 2.53. The van der Waals surface area contributed by atoms with Crippen LogP contribution in [0.3, 0.4) is 0 Å². The standard InChI is InChI=1S/C13H27NO/c1-7-8-9-10-14(11(2)3)12(15)13(4,5)6/h11H,7-10H2,1-6H3. The summed E-state index contributed by atoms with van der Waals surface area (Å²) in [6.45, 7) is 13.2. The highest BCUT2D eigenvalue weighted by Crippen LogP contribution is 2.19. The van der Waals surface area contributed by atoms with Crippen molar-refractivity contribution in [2.24, 2.45) is 5.41 Å². The van der Waals surface area contributed by atoms with Crippen molar-refractivity contribution in [3.05, 3.63) is 0 Å². The molecule has 0 saturated carbocycles. The highest BCUT2D eigenvalue weighted by Gasteiger charge is 2.28. The van der Waals surface area contributed by atoms with Crippen molar-refractivity contribution in [2.45, 2.75) is 66.8 Å². The fourth-order valence-corrected chi connectivity index (χ4v) is 1.56. The van der Waals surface area contributed by atoms with E-state index in [1.165, 1.54) is 12.8 Å². The molecule has 0 aliphatic carbocycles. The first kappa shape index (κ1) is 14.5. The Bertz CT molecular complexity index is 191. The number of carbonyl (C=O) groups excluding carboxylic acids is 1. The molecular formula is C13H27NO. The number of unbranched alkanes of at least 4 members (excludes halogenated alkanes) is 2. The average molecular weight is 213 g/mol. The van der Waals surface area contributed by atoms with Gasteiger partial charge in [-0.05, 0) is 20.3 Å². The van der Waals surface area contributed by atoms with Gasteiger partial charge >= 0.3 is 0 Å². The van der Waals surface area contributed by atoms with Crippen molar-refractivity contribution in [1.29, 1.82) is 0 Å². The minimum Gasteiger partial charge on any atom is -0.340 e.